The van der Waals surface area contributed by atoms with Gasteiger partial charge in [0.25, 0.3) is 0 Å². The van der Waals surface area contributed by atoms with E-state index in [4.69, 9.17) is 4.98 Å². The highest BCUT2D eigenvalue weighted by atomic mass is 15.2. The zero-order valence-electron chi connectivity index (χ0n) is 12.8. The molecule has 2 aromatic heterocycles. The maximum atomic E-state index is 4.71. The molecule has 0 amide bonds. The Morgan fingerprint density at radius 2 is 2.05 bits per heavy atom. The lowest BCUT2D eigenvalue weighted by Gasteiger charge is -2.22. The van der Waals surface area contributed by atoms with Crippen LogP contribution in [0.2, 0.25) is 0 Å². The van der Waals surface area contributed by atoms with Gasteiger partial charge < -0.3 is 5.32 Å². The summed E-state index contributed by atoms with van der Waals surface area (Å²) in [6.07, 6.45) is 6.09. The smallest absolute Gasteiger partial charge is 0.234 e. The van der Waals surface area contributed by atoms with E-state index in [0.717, 1.165) is 36.3 Å². The van der Waals surface area contributed by atoms with Crippen LogP contribution in [0.1, 0.15) is 36.3 Å². The van der Waals surface area contributed by atoms with Crippen molar-refractivity contribution in [3.8, 4) is 0 Å². The molecule has 0 saturated carbocycles. The molecule has 2 atom stereocenters. The molecule has 5 nitrogen and oxygen atoms in total. The predicted octanol–water partition coefficient (Wildman–Crippen LogP) is 1.67. The van der Waals surface area contributed by atoms with Gasteiger partial charge in [-0.2, -0.15) is 0 Å². The zero-order chi connectivity index (χ0) is 14.4. The van der Waals surface area contributed by atoms with Gasteiger partial charge >= 0.3 is 0 Å². The summed E-state index contributed by atoms with van der Waals surface area (Å²) in [6.45, 7) is 7.40. The quantitative estimate of drug-likeness (QED) is 0.912. The average molecular weight is 285 g/mol. The van der Waals surface area contributed by atoms with E-state index in [-0.39, 0.29) is 0 Å². The lowest BCUT2D eigenvalue weighted by Crippen LogP contribution is -2.35. The van der Waals surface area contributed by atoms with Crippen molar-refractivity contribution in [3.63, 3.8) is 0 Å². The fourth-order valence-electron chi connectivity index (χ4n) is 3.78. The molecule has 1 N–H and O–H groups in total. The van der Waals surface area contributed by atoms with Crippen LogP contribution in [0.3, 0.4) is 0 Å². The van der Waals surface area contributed by atoms with E-state index in [2.05, 4.69) is 38.8 Å². The van der Waals surface area contributed by atoms with Crippen LogP contribution in [0, 0.1) is 13.8 Å². The van der Waals surface area contributed by atoms with Crippen molar-refractivity contribution >= 4 is 5.78 Å². The van der Waals surface area contributed by atoms with Crippen molar-refractivity contribution in [3.05, 3.63) is 29.3 Å². The summed E-state index contributed by atoms with van der Waals surface area (Å²) < 4.78 is 2.10. The molecule has 2 aliphatic heterocycles. The summed E-state index contributed by atoms with van der Waals surface area (Å²) in [5.74, 6) is 0.831. The fraction of sp³-hybridized carbons (Fsp3) is 0.625. The number of imidazole rings is 1. The van der Waals surface area contributed by atoms with E-state index in [0.29, 0.717) is 6.04 Å². The fourth-order valence-corrected chi connectivity index (χ4v) is 3.78. The number of hydrogen-bond donors (Lipinski definition) is 1. The van der Waals surface area contributed by atoms with E-state index < -0.39 is 0 Å². The summed E-state index contributed by atoms with van der Waals surface area (Å²) in [6, 6.07) is 3.53. The van der Waals surface area contributed by atoms with Gasteiger partial charge in [-0.25, -0.2) is 9.97 Å². The Morgan fingerprint density at radius 3 is 2.95 bits per heavy atom. The number of fused-ring (bicyclic) bond motifs is 3. The lowest BCUT2D eigenvalue weighted by atomic mass is 10.1. The highest BCUT2D eigenvalue weighted by Gasteiger charge is 2.29. The highest BCUT2D eigenvalue weighted by molar-refractivity contribution is 5.34. The number of hydrogen-bond acceptors (Lipinski definition) is 4. The minimum Gasteiger partial charge on any atom is -0.310 e. The molecule has 2 saturated heterocycles. The van der Waals surface area contributed by atoms with Crippen LogP contribution < -0.4 is 5.32 Å². The number of nitrogens with one attached hydrogen (secondary N) is 1. The molecule has 2 fully saturated rings. The summed E-state index contributed by atoms with van der Waals surface area (Å²) in [5.41, 5.74) is 3.37. The molecule has 2 bridgehead atoms. The summed E-state index contributed by atoms with van der Waals surface area (Å²) in [7, 11) is 0. The van der Waals surface area contributed by atoms with E-state index in [9.17, 15) is 0 Å². The Bertz CT molecular complexity index is 662. The molecular weight excluding hydrogens is 262 g/mol. The summed E-state index contributed by atoms with van der Waals surface area (Å²) in [4.78, 5) is 11.8. The molecule has 5 heteroatoms. The number of aromatic nitrogens is 3. The molecule has 2 aromatic rings. The predicted molar refractivity (Wildman–Crippen MR) is 82.3 cm³/mol. The van der Waals surface area contributed by atoms with Gasteiger partial charge in [0.1, 0.15) is 0 Å². The third-order valence-electron chi connectivity index (χ3n) is 4.80. The van der Waals surface area contributed by atoms with Crippen LogP contribution >= 0.6 is 0 Å². The van der Waals surface area contributed by atoms with Gasteiger partial charge in [0.2, 0.25) is 5.78 Å². The highest BCUT2D eigenvalue weighted by Crippen LogP contribution is 2.21. The number of likely N-dealkylation sites (tertiary alicyclic amines) is 1. The molecule has 0 radical (unpaired) electrons. The molecule has 4 heterocycles. The van der Waals surface area contributed by atoms with Crippen molar-refractivity contribution in [2.45, 2.75) is 51.7 Å². The van der Waals surface area contributed by atoms with E-state index in [1.54, 1.807) is 0 Å². The van der Waals surface area contributed by atoms with Crippen LogP contribution in [0.25, 0.3) is 5.78 Å². The van der Waals surface area contributed by atoms with Crippen molar-refractivity contribution in [2.24, 2.45) is 0 Å². The van der Waals surface area contributed by atoms with Gasteiger partial charge in [-0.1, -0.05) is 0 Å². The Labute approximate surface area is 125 Å². The van der Waals surface area contributed by atoms with E-state index in [1.165, 1.54) is 31.5 Å². The molecule has 0 spiro atoms. The maximum Gasteiger partial charge on any atom is 0.234 e. The number of nitrogens with zero attached hydrogens (tertiary/aromatic N) is 4. The van der Waals surface area contributed by atoms with Crippen LogP contribution in [-0.2, 0) is 6.54 Å². The number of aryl methyl sites for hydroxylation is 2. The third-order valence-corrected chi connectivity index (χ3v) is 4.80. The largest absolute Gasteiger partial charge is 0.310 e. The Morgan fingerprint density at radius 1 is 1.19 bits per heavy atom. The summed E-state index contributed by atoms with van der Waals surface area (Å²) >= 11 is 0. The second-order valence-corrected chi connectivity index (χ2v) is 6.60. The van der Waals surface area contributed by atoms with Crippen molar-refractivity contribution < 1.29 is 0 Å². The second kappa shape index (κ2) is 5.07. The van der Waals surface area contributed by atoms with Gasteiger partial charge in [-0.3, -0.25) is 9.30 Å². The van der Waals surface area contributed by atoms with Gasteiger partial charge in [0, 0.05) is 49.3 Å². The second-order valence-electron chi connectivity index (χ2n) is 6.60. The first-order chi connectivity index (χ1) is 10.2. The van der Waals surface area contributed by atoms with E-state index >= 15 is 0 Å². The molecule has 0 aromatic carbocycles. The minimum absolute atomic E-state index is 0.677. The third kappa shape index (κ3) is 2.56. The van der Waals surface area contributed by atoms with Gasteiger partial charge in [0.05, 0.1) is 5.69 Å². The first-order valence-corrected chi connectivity index (χ1v) is 7.98. The van der Waals surface area contributed by atoms with Crippen LogP contribution in [0.15, 0.2) is 12.3 Å². The monoisotopic (exact) mass is 285 g/mol. The van der Waals surface area contributed by atoms with Gasteiger partial charge in [-0.15, -0.1) is 0 Å². The molecule has 4 rings (SSSR count). The van der Waals surface area contributed by atoms with Crippen LogP contribution in [0.4, 0.5) is 0 Å². The number of rotatable bonds is 2. The summed E-state index contributed by atoms with van der Waals surface area (Å²) in [5, 5.41) is 3.73. The Balaban J connectivity index is 1.55. The Hall–Kier alpha value is -1.46. The molecule has 112 valence electrons. The standard InChI is InChI=1S/C16H23N5/c1-11-7-12(2)21-10-15(19-16(21)17-11)9-20-6-5-13-3-4-14(8-20)18-13/h7,10,13-14,18H,3-6,8-9H2,1-2H3. The van der Waals surface area contributed by atoms with Gasteiger partial charge in [-0.05, 0) is 39.2 Å². The van der Waals surface area contributed by atoms with Crippen molar-refractivity contribution in [1.29, 1.82) is 0 Å². The van der Waals surface area contributed by atoms with Crippen molar-refractivity contribution in [2.75, 3.05) is 13.1 Å². The zero-order valence-corrected chi connectivity index (χ0v) is 12.8. The molecule has 2 aliphatic rings. The maximum absolute atomic E-state index is 4.71. The molecular formula is C16H23N5. The SMILES string of the molecule is Cc1cc(C)n2cc(CN3CCC4CCC(C3)N4)nc2n1. The normalized spacial score (nSPS) is 26.4. The first-order valence-electron chi connectivity index (χ1n) is 7.98. The van der Waals surface area contributed by atoms with E-state index in [1.807, 2.05) is 6.92 Å². The van der Waals surface area contributed by atoms with Crippen LogP contribution in [0.5, 0.6) is 0 Å². The minimum atomic E-state index is 0.677. The topological polar surface area (TPSA) is 45.5 Å². The molecule has 2 unspecified atom stereocenters. The van der Waals surface area contributed by atoms with Crippen molar-refractivity contribution in [1.82, 2.24) is 24.6 Å². The molecule has 0 aliphatic carbocycles. The Kier molecular flexibility index (Phi) is 3.19. The molecule has 21 heavy (non-hydrogen) atoms. The first kappa shape index (κ1) is 13.2. The van der Waals surface area contributed by atoms with Crippen LogP contribution in [-0.4, -0.2) is 44.4 Å². The van der Waals surface area contributed by atoms with Gasteiger partial charge in [0.15, 0.2) is 0 Å². The average Bonchev–Trinajstić information content (AvgIpc) is 2.96. The lowest BCUT2D eigenvalue weighted by molar-refractivity contribution is 0.248.